The molecule has 0 saturated heterocycles. The molecule has 0 spiro atoms. The number of hydrogen-bond donors (Lipinski definition) is 0. The molecule has 2 nitrogen and oxygen atoms in total. The van der Waals surface area contributed by atoms with Gasteiger partial charge in [0.15, 0.2) is 0 Å². The van der Waals surface area contributed by atoms with Gasteiger partial charge in [0.1, 0.15) is 5.15 Å². The van der Waals surface area contributed by atoms with Gasteiger partial charge in [0.25, 0.3) is 0 Å². The Morgan fingerprint density at radius 3 is 2.77 bits per heavy atom. The minimum Gasteiger partial charge on any atom is -0.225 e. The van der Waals surface area contributed by atoms with E-state index in [4.69, 9.17) is 34.8 Å². The molecule has 0 bridgehead atoms. The summed E-state index contributed by atoms with van der Waals surface area (Å²) in [5.41, 5.74) is 0.566. The first-order valence-electron chi connectivity index (χ1n) is 3.47. The monoisotopic (exact) mass is 234 g/mol. The van der Waals surface area contributed by atoms with Crippen molar-refractivity contribution in [3.05, 3.63) is 22.2 Å². The molecular formula is C8H5Cl3N2. The molecule has 1 heterocycles. The zero-order valence-corrected chi connectivity index (χ0v) is 8.79. The highest BCUT2D eigenvalue weighted by Crippen LogP contribution is 2.12. The van der Waals surface area contributed by atoms with Crippen LogP contribution in [0.2, 0.25) is 10.4 Å². The average molecular weight is 236 g/mol. The van der Waals surface area contributed by atoms with E-state index in [0.717, 1.165) is 0 Å². The van der Waals surface area contributed by atoms with Crippen LogP contribution in [0.15, 0.2) is 6.20 Å². The number of alkyl halides is 1. The molecule has 1 rings (SSSR count). The highest BCUT2D eigenvalue weighted by Gasteiger charge is 1.99. The first kappa shape index (κ1) is 10.6. The lowest BCUT2D eigenvalue weighted by atomic mass is 10.3. The van der Waals surface area contributed by atoms with E-state index in [1.54, 1.807) is 0 Å². The van der Waals surface area contributed by atoms with Gasteiger partial charge in [-0.1, -0.05) is 23.4 Å². The van der Waals surface area contributed by atoms with Crippen LogP contribution in [0, 0.1) is 11.8 Å². The fourth-order valence-electron chi connectivity index (χ4n) is 0.630. The molecule has 0 radical (unpaired) electrons. The number of aromatic nitrogens is 2. The largest absolute Gasteiger partial charge is 0.225 e. The van der Waals surface area contributed by atoms with Gasteiger partial charge in [-0.15, -0.1) is 11.6 Å². The number of hydrogen-bond acceptors (Lipinski definition) is 2. The summed E-state index contributed by atoms with van der Waals surface area (Å²) in [7, 11) is 0. The Balaban J connectivity index is 2.85. The van der Waals surface area contributed by atoms with Gasteiger partial charge >= 0.3 is 0 Å². The van der Waals surface area contributed by atoms with Crippen LogP contribution in [0.4, 0.5) is 0 Å². The average Bonchev–Trinajstić information content (AvgIpc) is 2.09. The lowest BCUT2D eigenvalue weighted by molar-refractivity contribution is 1.16. The maximum absolute atomic E-state index is 5.74. The van der Waals surface area contributed by atoms with Gasteiger partial charge in [0.2, 0.25) is 5.28 Å². The second-order valence-electron chi connectivity index (χ2n) is 2.08. The smallest absolute Gasteiger partial charge is 0.223 e. The molecule has 0 N–H and O–H groups in total. The van der Waals surface area contributed by atoms with Gasteiger partial charge in [-0.2, -0.15) is 0 Å². The SMILES string of the molecule is ClCCC#Cc1cnc(Cl)nc1Cl. The summed E-state index contributed by atoms with van der Waals surface area (Å²) in [5, 5.41) is 0.384. The van der Waals surface area contributed by atoms with E-state index in [9.17, 15) is 0 Å². The molecule has 0 saturated carbocycles. The minimum atomic E-state index is 0.118. The van der Waals surface area contributed by atoms with Crippen LogP contribution in [0.1, 0.15) is 12.0 Å². The normalized spacial score (nSPS) is 9.15. The molecule has 68 valence electrons. The molecule has 0 aliphatic rings. The molecule has 0 amide bonds. The quantitative estimate of drug-likeness (QED) is 0.324. The minimum absolute atomic E-state index is 0.118. The Hall–Kier alpha value is -0.490. The molecule has 0 unspecified atom stereocenters. The summed E-state index contributed by atoms with van der Waals surface area (Å²) >= 11 is 16.7. The second-order valence-corrected chi connectivity index (χ2v) is 3.16. The Morgan fingerprint density at radius 2 is 2.15 bits per heavy atom. The second kappa shape index (κ2) is 5.29. The van der Waals surface area contributed by atoms with Gasteiger partial charge in [0.05, 0.1) is 5.56 Å². The highest BCUT2D eigenvalue weighted by molar-refractivity contribution is 6.32. The van der Waals surface area contributed by atoms with E-state index in [1.165, 1.54) is 6.20 Å². The van der Waals surface area contributed by atoms with E-state index in [-0.39, 0.29) is 10.4 Å². The number of nitrogens with zero attached hydrogens (tertiary/aromatic N) is 2. The van der Waals surface area contributed by atoms with Crippen LogP contribution in [-0.2, 0) is 0 Å². The summed E-state index contributed by atoms with van der Waals surface area (Å²) < 4.78 is 0. The van der Waals surface area contributed by atoms with Crippen LogP contribution in [0.3, 0.4) is 0 Å². The van der Waals surface area contributed by atoms with Crippen molar-refractivity contribution in [2.24, 2.45) is 0 Å². The van der Waals surface area contributed by atoms with Crippen molar-refractivity contribution in [3.8, 4) is 11.8 Å². The number of rotatable bonds is 1. The first-order valence-corrected chi connectivity index (χ1v) is 4.76. The lowest BCUT2D eigenvalue weighted by Gasteiger charge is -1.93. The zero-order chi connectivity index (χ0) is 9.68. The summed E-state index contributed by atoms with van der Waals surface area (Å²) in [6.07, 6.45) is 2.10. The molecule has 0 aliphatic carbocycles. The summed E-state index contributed by atoms with van der Waals surface area (Å²) in [6.45, 7) is 0. The third kappa shape index (κ3) is 3.40. The Kier molecular flexibility index (Phi) is 4.31. The van der Waals surface area contributed by atoms with Crippen molar-refractivity contribution >= 4 is 34.8 Å². The maximum Gasteiger partial charge on any atom is 0.223 e. The topological polar surface area (TPSA) is 25.8 Å². The molecule has 0 aliphatic heterocycles. The molecule has 0 fully saturated rings. The van der Waals surface area contributed by atoms with E-state index in [0.29, 0.717) is 17.9 Å². The van der Waals surface area contributed by atoms with E-state index < -0.39 is 0 Å². The van der Waals surface area contributed by atoms with Gasteiger partial charge < -0.3 is 0 Å². The van der Waals surface area contributed by atoms with Gasteiger partial charge in [-0.3, -0.25) is 0 Å². The van der Waals surface area contributed by atoms with Gasteiger partial charge in [-0.05, 0) is 11.6 Å². The molecule has 13 heavy (non-hydrogen) atoms. The van der Waals surface area contributed by atoms with Crippen LogP contribution in [0.5, 0.6) is 0 Å². The van der Waals surface area contributed by atoms with E-state index in [2.05, 4.69) is 21.8 Å². The first-order chi connectivity index (χ1) is 6.24. The third-order valence-corrected chi connectivity index (χ3v) is 1.81. The molecule has 5 heteroatoms. The van der Waals surface area contributed by atoms with Crippen molar-refractivity contribution in [3.63, 3.8) is 0 Å². The standard InChI is InChI=1S/C8H5Cl3N2/c9-4-2-1-3-6-5-12-8(11)13-7(6)10/h5H,2,4H2. The molecule has 1 aromatic heterocycles. The van der Waals surface area contributed by atoms with E-state index >= 15 is 0 Å². The van der Waals surface area contributed by atoms with Gasteiger partial charge in [0, 0.05) is 18.5 Å². The maximum atomic E-state index is 5.74. The van der Waals surface area contributed by atoms with Crippen molar-refractivity contribution in [1.82, 2.24) is 9.97 Å². The van der Waals surface area contributed by atoms with Crippen LogP contribution < -0.4 is 0 Å². The summed E-state index contributed by atoms with van der Waals surface area (Å²) in [6, 6.07) is 0. The summed E-state index contributed by atoms with van der Waals surface area (Å²) in [5.74, 6) is 6.11. The van der Waals surface area contributed by atoms with Crippen molar-refractivity contribution < 1.29 is 0 Å². The third-order valence-electron chi connectivity index (χ3n) is 1.16. The predicted octanol–water partition coefficient (Wildman–Crippen LogP) is 2.76. The molecule has 1 aromatic rings. The Labute approximate surface area is 91.2 Å². The van der Waals surface area contributed by atoms with Crippen molar-refractivity contribution in [2.45, 2.75) is 6.42 Å². The van der Waals surface area contributed by atoms with Crippen LogP contribution >= 0.6 is 34.8 Å². The predicted molar refractivity (Wildman–Crippen MR) is 54.3 cm³/mol. The molecule has 0 atom stereocenters. The fourth-order valence-corrected chi connectivity index (χ4v) is 1.08. The van der Waals surface area contributed by atoms with Crippen molar-refractivity contribution in [2.75, 3.05) is 5.88 Å². The molecular weight excluding hydrogens is 230 g/mol. The fraction of sp³-hybridized carbons (Fsp3) is 0.250. The van der Waals surface area contributed by atoms with E-state index in [1.807, 2.05) is 0 Å². The molecule has 0 aromatic carbocycles. The van der Waals surface area contributed by atoms with Crippen molar-refractivity contribution in [1.29, 1.82) is 0 Å². The zero-order valence-electron chi connectivity index (χ0n) is 6.52. The number of halogens is 3. The van der Waals surface area contributed by atoms with Gasteiger partial charge in [-0.25, -0.2) is 9.97 Å². The Morgan fingerprint density at radius 1 is 1.38 bits per heavy atom. The lowest BCUT2D eigenvalue weighted by Crippen LogP contribution is -1.86. The highest BCUT2D eigenvalue weighted by atomic mass is 35.5. The Bertz CT molecular complexity index is 354. The van der Waals surface area contributed by atoms with Crippen LogP contribution in [0.25, 0.3) is 0 Å². The van der Waals surface area contributed by atoms with Crippen LogP contribution in [-0.4, -0.2) is 15.8 Å². The summed E-state index contributed by atoms with van der Waals surface area (Å²) in [4.78, 5) is 7.49.